The van der Waals surface area contributed by atoms with Crippen LogP contribution in [0.1, 0.15) is 11.1 Å². The molecule has 0 radical (unpaired) electrons. The van der Waals surface area contributed by atoms with Crippen molar-refractivity contribution in [3.63, 3.8) is 0 Å². The Balaban J connectivity index is 1.88. The molecule has 0 aliphatic heterocycles. The molecular weight excluding hydrogens is 396 g/mol. The minimum absolute atomic E-state index is 0.164. The van der Waals surface area contributed by atoms with Crippen LogP contribution in [0.2, 0.25) is 0 Å². The first-order valence-corrected chi connectivity index (χ1v) is 8.84. The average Bonchev–Trinajstić information content (AvgIpc) is 2.71. The molecule has 1 atom stereocenters. The molecule has 10 heteroatoms. The zero-order valence-electron chi connectivity index (χ0n) is 15.7. The number of hydrogen-bond donors (Lipinski definition) is 8. The highest BCUT2D eigenvalue weighted by molar-refractivity contribution is 5.95. The Labute approximate surface area is 171 Å². The number of carbonyl (C=O) groups excluding carboxylic acids is 2. The van der Waals surface area contributed by atoms with E-state index in [-0.39, 0.29) is 23.6 Å². The molecule has 30 heavy (non-hydrogen) atoms. The third kappa shape index (κ3) is 6.04. The molecule has 2 amide bonds. The van der Waals surface area contributed by atoms with Gasteiger partial charge in [0.15, 0.2) is 28.7 Å². The summed E-state index contributed by atoms with van der Waals surface area (Å²) in [4.78, 5) is 24.1. The van der Waals surface area contributed by atoms with Gasteiger partial charge in [0, 0.05) is 12.6 Å². The van der Waals surface area contributed by atoms with Crippen molar-refractivity contribution in [2.45, 2.75) is 12.5 Å². The molecule has 0 heterocycles. The fraction of sp³-hybridized carbons (Fsp3) is 0.200. The number of rotatable bonds is 8. The number of nitrogens with one attached hydrogen (secondary N) is 2. The van der Waals surface area contributed by atoms with Crippen molar-refractivity contribution in [1.29, 1.82) is 0 Å². The minimum atomic E-state index is -1.21. The summed E-state index contributed by atoms with van der Waals surface area (Å²) in [7, 11) is 0. The van der Waals surface area contributed by atoms with Gasteiger partial charge in [-0.2, -0.15) is 0 Å². The van der Waals surface area contributed by atoms with E-state index in [1.165, 1.54) is 18.2 Å². The molecule has 0 fully saturated rings. The molecular formula is C20H22N2O8. The fourth-order valence-corrected chi connectivity index (χ4v) is 2.49. The second-order valence-corrected chi connectivity index (χ2v) is 6.35. The Morgan fingerprint density at radius 2 is 1.60 bits per heavy atom. The number of amides is 2. The highest BCUT2D eigenvalue weighted by Gasteiger charge is 2.18. The van der Waals surface area contributed by atoms with Crippen LogP contribution in [-0.4, -0.2) is 61.6 Å². The molecule has 0 aliphatic rings. The van der Waals surface area contributed by atoms with Crippen LogP contribution in [0, 0.1) is 0 Å². The fourth-order valence-electron chi connectivity index (χ4n) is 2.49. The second-order valence-electron chi connectivity index (χ2n) is 6.35. The number of aliphatic hydroxyl groups excluding tert-OH is 1. The number of carbonyl (C=O) groups is 2. The van der Waals surface area contributed by atoms with Gasteiger partial charge in [-0.15, -0.1) is 0 Å². The van der Waals surface area contributed by atoms with E-state index in [0.717, 1.165) is 18.2 Å². The Morgan fingerprint density at radius 1 is 0.933 bits per heavy atom. The molecule has 0 unspecified atom stereocenters. The van der Waals surface area contributed by atoms with Gasteiger partial charge in [-0.1, -0.05) is 6.07 Å². The first-order chi connectivity index (χ1) is 14.2. The number of aliphatic hydroxyl groups is 1. The molecule has 2 aromatic carbocycles. The van der Waals surface area contributed by atoms with E-state index in [0.29, 0.717) is 12.0 Å². The summed E-state index contributed by atoms with van der Waals surface area (Å²) in [6, 6.07) is 5.29. The van der Waals surface area contributed by atoms with Crippen LogP contribution in [0.4, 0.5) is 0 Å². The van der Waals surface area contributed by atoms with Gasteiger partial charge >= 0.3 is 0 Å². The quantitative estimate of drug-likeness (QED) is 0.219. The first-order valence-electron chi connectivity index (χ1n) is 8.84. The van der Waals surface area contributed by atoms with E-state index in [1.807, 2.05) is 0 Å². The molecule has 0 spiro atoms. The van der Waals surface area contributed by atoms with E-state index < -0.39 is 41.7 Å². The molecule has 8 N–H and O–H groups in total. The predicted molar refractivity (Wildman–Crippen MR) is 106 cm³/mol. The van der Waals surface area contributed by atoms with Gasteiger partial charge in [0.25, 0.3) is 0 Å². The Bertz CT molecular complexity index is 935. The van der Waals surface area contributed by atoms with Crippen molar-refractivity contribution < 1.29 is 40.2 Å². The molecule has 10 nitrogen and oxygen atoms in total. The number of hydrogen-bond acceptors (Lipinski definition) is 8. The zero-order chi connectivity index (χ0) is 22.3. The van der Waals surface area contributed by atoms with Crippen molar-refractivity contribution in [3.8, 4) is 28.7 Å². The summed E-state index contributed by atoms with van der Waals surface area (Å²) in [6.45, 7) is -0.483. The van der Waals surface area contributed by atoms with Gasteiger partial charge in [-0.05, 0) is 47.9 Å². The Morgan fingerprint density at radius 3 is 2.20 bits per heavy atom. The lowest BCUT2D eigenvalue weighted by atomic mass is 10.1. The van der Waals surface area contributed by atoms with Gasteiger partial charge in [0.05, 0.1) is 6.61 Å². The molecule has 0 aromatic heterocycles. The topological polar surface area (TPSA) is 180 Å². The van der Waals surface area contributed by atoms with Crippen LogP contribution in [0.15, 0.2) is 36.4 Å². The van der Waals surface area contributed by atoms with Crippen LogP contribution in [0.5, 0.6) is 28.7 Å². The maximum atomic E-state index is 12.1. The largest absolute Gasteiger partial charge is 0.504 e. The number of aromatic hydroxyl groups is 5. The molecule has 0 saturated carbocycles. The molecule has 0 aliphatic carbocycles. The molecule has 0 saturated heterocycles. The van der Waals surface area contributed by atoms with Crippen LogP contribution in [0.3, 0.4) is 0 Å². The summed E-state index contributed by atoms with van der Waals surface area (Å²) >= 11 is 0. The SMILES string of the molecule is O=C(/C=C/c1cc(O)c(O)c(O)c1)N[C@@H](CO)C(=O)NCCc1ccc(O)c(O)c1. The van der Waals surface area contributed by atoms with Gasteiger partial charge in [-0.25, -0.2) is 0 Å². The lowest BCUT2D eigenvalue weighted by Crippen LogP contribution is -2.48. The Kier molecular flexibility index (Phi) is 7.48. The van der Waals surface area contributed by atoms with Gasteiger partial charge in [0.1, 0.15) is 6.04 Å². The van der Waals surface area contributed by atoms with E-state index in [9.17, 15) is 40.2 Å². The van der Waals surface area contributed by atoms with Crippen LogP contribution >= 0.6 is 0 Å². The van der Waals surface area contributed by atoms with E-state index in [1.54, 1.807) is 6.07 Å². The highest BCUT2D eigenvalue weighted by atomic mass is 16.3. The average molecular weight is 418 g/mol. The van der Waals surface area contributed by atoms with E-state index >= 15 is 0 Å². The molecule has 160 valence electrons. The maximum absolute atomic E-state index is 12.1. The van der Waals surface area contributed by atoms with Crippen LogP contribution in [-0.2, 0) is 16.0 Å². The zero-order valence-corrected chi connectivity index (χ0v) is 15.7. The van der Waals surface area contributed by atoms with Crippen molar-refractivity contribution in [3.05, 3.63) is 47.5 Å². The summed E-state index contributed by atoms with van der Waals surface area (Å²) in [6.07, 6.45) is 2.61. The van der Waals surface area contributed by atoms with Crippen molar-refractivity contribution >= 4 is 17.9 Å². The predicted octanol–water partition coefficient (Wildman–Crippen LogP) is 0.0638. The first kappa shape index (κ1) is 22.4. The molecule has 2 aromatic rings. The van der Waals surface area contributed by atoms with Gasteiger partial charge < -0.3 is 41.3 Å². The lowest BCUT2D eigenvalue weighted by Gasteiger charge is -2.15. The molecule has 0 bridgehead atoms. The smallest absolute Gasteiger partial charge is 0.244 e. The summed E-state index contributed by atoms with van der Waals surface area (Å²) in [5.74, 6) is -3.68. The Hall–Kier alpha value is -3.92. The lowest BCUT2D eigenvalue weighted by molar-refractivity contribution is -0.128. The standard InChI is InChI=1S/C20H22N2O8/c23-10-13(20(30)21-6-5-11-1-3-14(24)15(25)7-11)22-18(28)4-2-12-8-16(26)19(29)17(27)9-12/h1-4,7-9,13,23-27,29H,5-6,10H2,(H,21,30)(H,22,28)/b4-2+/t13-/m0/s1. The second kappa shape index (κ2) is 10.0. The monoisotopic (exact) mass is 418 g/mol. The maximum Gasteiger partial charge on any atom is 0.244 e. The van der Waals surface area contributed by atoms with Crippen LogP contribution in [0.25, 0.3) is 6.08 Å². The normalized spacial score (nSPS) is 11.9. The highest BCUT2D eigenvalue weighted by Crippen LogP contribution is 2.35. The summed E-state index contributed by atoms with van der Waals surface area (Å²) in [5, 5.41) is 61.1. The number of phenols is 5. The molecule has 2 rings (SSSR count). The van der Waals surface area contributed by atoms with Gasteiger partial charge in [0.2, 0.25) is 11.8 Å². The minimum Gasteiger partial charge on any atom is -0.504 e. The van der Waals surface area contributed by atoms with E-state index in [4.69, 9.17) is 0 Å². The van der Waals surface area contributed by atoms with E-state index in [2.05, 4.69) is 10.6 Å². The van der Waals surface area contributed by atoms with Crippen molar-refractivity contribution in [1.82, 2.24) is 10.6 Å². The third-order valence-corrected chi connectivity index (χ3v) is 4.09. The number of phenolic OH excluding ortho intramolecular Hbond substituents is 5. The van der Waals surface area contributed by atoms with Crippen molar-refractivity contribution in [2.75, 3.05) is 13.2 Å². The van der Waals surface area contributed by atoms with Gasteiger partial charge in [-0.3, -0.25) is 9.59 Å². The third-order valence-electron chi connectivity index (χ3n) is 4.09. The summed E-state index contributed by atoms with van der Waals surface area (Å²) in [5.41, 5.74) is 0.888. The van der Waals surface area contributed by atoms with Crippen molar-refractivity contribution in [2.24, 2.45) is 0 Å². The number of benzene rings is 2. The van der Waals surface area contributed by atoms with Crippen LogP contribution < -0.4 is 10.6 Å². The summed E-state index contributed by atoms with van der Waals surface area (Å²) < 4.78 is 0.